The second-order valence-corrected chi connectivity index (χ2v) is 7.44. The molecule has 0 bridgehead atoms. The van der Waals surface area contributed by atoms with Crippen LogP contribution >= 0.6 is 0 Å². The summed E-state index contributed by atoms with van der Waals surface area (Å²) in [6.45, 7) is 1.12. The van der Waals surface area contributed by atoms with E-state index in [4.69, 9.17) is 4.74 Å². The number of pyridine rings is 1. The molecule has 2 atom stereocenters. The molecule has 3 N–H and O–H groups in total. The number of ether oxygens (including phenoxy) is 1. The molecule has 0 unspecified atom stereocenters. The van der Waals surface area contributed by atoms with Crippen molar-refractivity contribution >= 4 is 17.2 Å². The number of aromatic nitrogens is 4. The number of hydrogen-bond donors (Lipinski definition) is 3. The maximum atomic E-state index is 12.0. The zero-order valence-corrected chi connectivity index (χ0v) is 15.5. The Morgan fingerprint density at radius 1 is 1.36 bits per heavy atom. The molecule has 1 saturated carbocycles. The molecule has 9 nitrogen and oxygen atoms in total. The van der Waals surface area contributed by atoms with Gasteiger partial charge in [0.05, 0.1) is 11.7 Å². The van der Waals surface area contributed by atoms with Crippen molar-refractivity contribution in [3.8, 4) is 17.0 Å². The van der Waals surface area contributed by atoms with E-state index in [0.29, 0.717) is 24.7 Å². The SMILES string of the molecule is Cn1ncc(O[C@@H]2CNC[C@H]2O)c1-c1ccn2nc(NC(=O)C3CC3)cc2c1. The van der Waals surface area contributed by atoms with Crippen LogP contribution in [0.3, 0.4) is 0 Å². The summed E-state index contributed by atoms with van der Waals surface area (Å²) in [5.74, 6) is 1.35. The summed E-state index contributed by atoms with van der Waals surface area (Å²) < 4.78 is 9.50. The molecular formula is C19H22N6O3. The van der Waals surface area contributed by atoms with Gasteiger partial charge in [0.2, 0.25) is 5.91 Å². The lowest BCUT2D eigenvalue weighted by Gasteiger charge is -2.16. The van der Waals surface area contributed by atoms with Gasteiger partial charge in [-0.3, -0.25) is 9.48 Å². The Balaban J connectivity index is 1.44. The predicted octanol–water partition coefficient (Wildman–Crippen LogP) is 0.795. The summed E-state index contributed by atoms with van der Waals surface area (Å²) in [6, 6.07) is 5.76. The molecule has 0 aromatic carbocycles. The summed E-state index contributed by atoms with van der Waals surface area (Å²) in [5, 5.41) is 24.7. The van der Waals surface area contributed by atoms with Crippen LogP contribution in [0, 0.1) is 5.92 Å². The summed E-state index contributed by atoms with van der Waals surface area (Å²) in [5.41, 5.74) is 2.60. The standard InChI is InChI=1S/C19H22N6O3/c1-24-18(16(10-21-24)28-15-9-20-8-14(15)26)12-4-5-25-13(6-12)7-17(23-25)22-19(27)11-2-3-11/h4-7,10-11,14-15,20,26H,2-3,8-9H2,1H3,(H,22,23,27)/t14-,15-/m1/s1. The molecule has 0 spiro atoms. The largest absolute Gasteiger partial charge is 0.482 e. The first-order chi connectivity index (χ1) is 13.6. The summed E-state index contributed by atoms with van der Waals surface area (Å²) in [7, 11) is 1.85. The molecule has 4 heterocycles. The molecule has 3 aromatic heterocycles. The Kier molecular flexibility index (Phi) is 4.06. The van der Waals surface area contributed by atoms with Gasteiger partial charge in [0.25, 0.3) is 0 Å². The van der Waals surface area contributed by atoms with E-state index in [0.717, 1.165) is 29.6 Å². The van der Waals surface area contributed by atoms with Crippen molar-refractivity contribution in [2.45, 2.75) is 25.0 Å². The minimum Gasteiger partial charge on any atom is -0.482 e. The van der Waals surface area contributed by atoms with Gasteiger partial charge in [0.1, 0.15) is 17.9 Å². The number of nitrogens with one attached hydrogen (secondary N) is 2. The van der Waals surface area contributed by atoms with Crippen molar-refractivity contribution in [1.82, 2.24) is 24.7 Å². The van der Waals surface area contributed by atoms with Crippen molar-refractivity contribution in [3.05, 3.63) is 30.6 Å². The van der Waals surface area contributed by atoms with Crippen LogP contribution in [0.2, 0.25) is 0 Å². The second kappa shape index (κ2) is 6.61. The van der Waals surface area contributed by atoms with Crippen molar-refractivity contribution in [1.29, 1.82) is 0 Å². The molecule has 28 heavy (non-hydrogen) atoms. The lowest BCUT2D eigenvalue weighted by Crippen LogP contribution is -2.29. The van der Waals surface area contributed by atoms with Crippen molar-refractivity contribution in [2.75, 3.05) is 18.4 Å². The van der Waals surface area contributed by atoms with Crippen LogP contribution in [-0.4, -0.2) is 55.7 Å². The van der Waals surface area contributed by atoms with Crippen LogP contribution in [0.15, 0.2) is 30.6 Å². The van der Waals surface area contributed by atoms with Crippen LogP contribution in [0.5, 0.6) is 5.75 Å². The Morgan fingerprint density at radius 3 is 2.96 bits per heavy atom. The highest BCUT2D eigenvalue weighted by atomic mass is 16.5. The van der Waals surface area contributed by atoms with Gasteiger partial charge in [-0.05, 0) is 25.0 Å². The molecule has 1 saturated heterocycles. The number of rotatable bonds is 5. The quantitative estimate of drug-likeness (QED) is 0.603. The lowest BCUT2D eigenvalue weighted by molar-refractivity contribution is -0.117. The number of fused-ring (bicyclic) bond motifs is 1. The van der Waals surface area contributed by atoms with Crippen LogP contribution in [0.25, 0.3) is 16.8 Å². The van der Waals surface area contributed by atoms with Gasteiger partial charge in [0.15, 0.2) is 11.6 Å². The van der Waals surface area contributed by atoms with Crippen LogP contribution < -0.4 is 15.4 Å². The molecule has 9 heteroatoms. The Morgan fingerprint density at radius 2 is 2.21 bits per heavy atom. The monoisotopic (exact) mass is 382 g/mol. The first-order valence-electron chi connectivity index (χ1n) is 9.46. The number of carbonyl (C=O) groups excluding carboxylic acids is 1. The highest BCUT2D eigenvalue weighted by molar-refractivity contribution is 5.93. The number of aliphatic hydroxyl groups excluding tert-OH is 1. The third-order valence-corrected chi connectivity index (χ3v) is 5.25. The molecule has 1 aliphatic heterocycles. The van der Waals surface area contributed by atoms with Crippen molar-refractivity contribution in [2.24, 2.45) is 13.0 Å². The molecule has 146 valence electrons. The first-order valence-corrected chi connectivity index (χ1v) is 9.46. The molecule has 1 amide bonds. The maximum Gasteiger partial charge on any atom is 0.228 e. The van der Waals surface area contributed by atoms with Gasteiger partial charge in [-0.25, -0.2) is 4.52 Å². The molecule has 0 radical (unpaired) electrons. The third kappa shape index (κ3) is 3.12. The van der Waals surface area contributed by atoms with Gasteiger partial charge in [0, 0.05) is 43.9 Å². The van der Waals surface area contributed by atoms with Gasteiger partial charge in [-0.2, -0.15) is 10.2 Å². The Labute approximate surface area is 161 Å². The normalized spacial score (nSPS) is 21.9. The zero-order chi connectivity index (χ0) is 19.3. The lowest BCUT2D eigenvalue weighted by atomic mass is 10.1. The first kappa shape index (κ1) is 17.2. The third-order valence-electron chi connectivity index (χ3n) is 5.25. The van der Waals surface area contributed by atoms with E-state index in [1.165, 1.54) is 0 Å². The van der Waals surface area contributed by atoms with Crippen LogP contribution in [-0.2, 0) is 11.8 Å². The molecule has 3 aromatic rings. The van der Waals surface area contributed by atoms with E-state index >= 15 is 0 Å². The fraction of sp³-hybridized carbons (Fsp3) is 0.421. The number of β-amino-alcohol motifs (C(OH)–C–C–N with tert-alkyl or cyclic N) is 1. The Bertz CT molecular complexity index is 1040. The summed E-state index contributed by atoms with van der Waals surface area (Å²) >= 11 is 0. The molecule has 5 rings (SSSR count). The van der Waals surface area contributed by atoms with Crippen LogP contribution in [0.1, 0.15) is 12.8 Å². The summed E-state index contributed by atoms with van der Waals surface area (Å²) in [4.78, 5) is 12.0. The minimum absolute atomic E-state index is 0.0367. The van der Waals surface area contributed by atoms with E-state index in [-0.39, 0.29) is 17.9 Å². The molecule has 1 aliphatic carbocycles. The zero-order valence-electron chi connectivity index (χ0n) is 15.5. The van der Waals surface area contributed by atoms with E-state index in [9.17, 15) is 9.90 Å². The van der Waals surface area contributed by atoms with Gasteiger partial charge >= 0.3 is 0 Å². The van der Waals surface area contributed by atoms with Gasteiger partial charge in [-0.15, -0.1) is 0 Å². The average Bonchev–Trinajstić information content (AvgIpc) is 3.20. The molecular weight excluding hydrogens is 360 g/mol. The number of aliphatic hydroxyl groups is 1. The number of anilines is 1. The number of carbonyl (C=O) groups is 1. The maximum absolute atomic E-state index is 12.0. The van der Waals surface area contributed by atoms with E-state index in [1.54, 1.807) is 15.4 Å². The van der Waals surface area contributed by atoms with Gasteiger partial charge in [-0.1, -0.05) is 0 Å². The predicted molar refractivity (Wildman–Crippen MR) is 102 cm³/mol. The Hall–Kier alpha value is -2.91. The van der Waals surface area contributed by atoms with Crippen molar-refractivity contribution < 1.29 is 14.6 Å². The molecule has 2 aliphatic rings. The highest BCUT2D eigenvalue weighted by Gasteiger charge is 2.30. The molecule has 2 fully saturated rings. The fourth-order valence-electron chi connectivity index (χ4n) is 3.53. The number of hydrogen-bond acceptors (Lipinski definition) is 6. The van der Waals surface area contributed by atoms with Crippen molar-refractivity contribution in [3.63, 3.8) is 0 Å². The van der Waals surface area contributed by atoms with E-state index in [2.05, 4.69) is 20.8 Å². The smallest absolute Gasteiger partial charge is 0.228 e. The number of aryl methyl sites for hydroxylation is 1. The number of amides is 1. The fourth-order valence-corrected chi connectivity index (χ4v) is 3.53. The topological polar surface area (TPSA) is 106 Å². The second-order valence-electron chi connectivity index (χ2n) is 7.44. The van der Waals surface area contributed by atoms with Crippen LogP contribution in [0.4, 0.5) is 5.82 Å². The minimum atomic E-state index is -0.539. The van der Waals surface area contributed by atoms with E-state index in [1.807, 2.05) is 31.4 Å². The van der Waals surface area contributed by atoms with E-state index < -0.39 is 6.10 Å². The average molecular weight is 382 g/mol. The summed E-state index contributed by atoms with van der Waals surface area (Å²) in [6.07, 6.45) is 4.59. The highest BCUT2D eigenvalue weighted by Crippen LogP contribution is 2.32. The number of nitrogens with zero attached hydrogens (tertiary/aromatic N) is 4. The van der Waals surface area contributed by atoms with Gasteiger partial charge < -0.3 is 20.5 Å².